The van der Waals surface area contributed by atoms with Gasteiger partial charge in [-0.1, -0.05) is 31.8 Å². The van der Waals surface area contributed by atoms with Crippen molar-refractivity contribution in [1.29, 1.82) is 0 Å². The van der Waals surface area contributed by atoms with E-state index in [0.717, 1.165) is 0 Å². The van der Waals surface area contributed by atoms with Crippen molar-refractivity contribution in [1.82, 2.24) is 0 Å². The standard InChI is InChI=1S/C20H22O4/c1-5-10-17(7-3)23-19(21)15-12-9-13-16(14-15)20(22)24-18(8-4)11-6-2/h9,12-14,17-18H,7-8H2,1-4H3. The molecule has 2 atom stereocenters. The summed E-state index contributed by atoms with van der Waals surface area (Å²) in [7, 11) is 0. The molecule has 126 valence electrons. The molecule has 2 unspecified atom stereocenters. The zero-order valence-corrected chi connectivity index (χ0v) is 14.5. The third-order valence-electron chi connectivity index (χ3n) is 3.18. The highest BCUT2D eigenvalue weighted by Gasteiger charge is 2.17. The average molecular weight is 326 g/mol. The zero-order chi connectivity index (χ0) is 17.9. The molecule has 4 heteroatoms. The first kappa shape index (κ1) is 19.3. The molecule has 0 heterocycles. The monoisotopic (exact) mass is 326 g/mol. The number of carbonyl (C=O) groups excluding carboxylic acids is 2. The molecule has 0 radical (unpaired) electrons. The molecule has 0 aliphatic heterocycles. The summed E-state index contributed by atoms with van der Waals surface area (Å²) in [6, 6.07) is 6.26. The van der Waals surface area contributed by atoms with Crippen molar-refractivity contribution >= 4 is 11.9 Å². The lowest BCUT2D eigenvalue weighted by molar-refractivity contribution is 0.0403. The molecule has 0 saturated heterocycles. The van der Waals surface area contributed by atoms with E-state index in [2.05, 4.69) is 23.7 Å². The van der Waals surface area contributed by atoms with E-state index in [9.17, 15) is 9.59 Å². The molecule has 1 aromatic rings. The average Bonchev–Trinajstić information content (AvgIpc) is 2.60. The van der Waals surface area contributed by atoms with Gasteiger partial charge in [0, 0.05) is 0 Å². The Balaban J connectivity index is 2.88. The van der Waals surface area contributed by atoms with Crippen LogP contribution < -0.4 is 0 Å². The molecule has 0 fully saturated rings. The van der Waals surface area contributed by atoms with Gasteiger partial charge in [-0.05, 0) is 44.9 Å². The Bertz CT molecular complexity index is 640. The maximum Gasteiger partial charge on any atom is 0.339 e. The first-order valence-corrected chi connectivity index (χ1v) is 7.92. The van der Waals surface area contributed by atoms with Crippen LogP contribution in [0.1, 0.15) is 61.3 Å². The maximum atomic E-state index is 12.2. The van der Waals surface area contributed by atoms with Crippen LogP contribution in [-0.4, -0.2) is 24.1 Å². The number of hydrogen-bond donors (Lipinski definition) is 0. The van der Waals surface area contributed by atoms with Gasteiger partial charge in [0.25, 0.3) is 0 Å². The van der Waals surface area contributed by atoms with Crippen LogP contribution in [0.3, 0.4) is 0 Å². The summed E-state index contributed by atoms with van der Waals surface area (Å²) >= 11 is 0. The van der Waals surface area contributed by atoms with E-state index in [1.54, 1.807) is 32.0 Å². The summed E-state index contributed by atoms with van der Waals surface area (Å²) in [6.07, 6.45) is 0.287. The highest BCUT2D eigenvalue weighted by Crippen LogP contribution is 2.12. The van der Waals surface area contributed by atoms with Crippen molar-refractivity contribution in [3.8, 4) is 23.7 Å². The summed E-state index contributed by atoms with van der Waals surface area (Å²) in [5.74, 6) is 10.1. The molecule has 0 spiro atoms. The van der Waals surface area contributed by atoms with Crippen LogP contribution in [0.25, 0.3) is 0 Å². The Morgan fingerprint density at radius 3 is 1.67 bits per heavy atom. The lowest BCUT2D eigenvalue weighted by Crippen LogP contribution is -2.18. The van der Waals surface area contributed by atoms with Crippen molar-refractivity contribution in [2.75, 3.05) is 0 Å². The minimum absolute atomic E-state index is 0.287. The first-order valence-electron chi connectivity index (χ1n) is 7.92. The van der Waals surface area contributed by atoms with Crippen LogP contribution in [0, 0.1) is 23.7 Å². The lowest BCUT2D eigenvalue weighted by Gasteiger charge is -2.12. The lowest BCUT2D eigenvalue weighted by atomic mass is 10.1. The Kier molecular flexibility index (Phi) is 8.16. The smallest absolute Gasteiger partial charge is 0.339 e. The molecule has 1 aromatic carbocycles. The third kappa shape index (κ3) is 5.82. The second-order valence-corrected chi connectivity index (χ2v) is 4.97. The largest absolute Gasteiger partial charge is 0.446 e. The van der Waals surface area contributed by atoms with E-state index in [1.807, 2.05) is 13.8 Å². The fraction of sp³-hybridized carbons (Fsp3) is 0.400. The molecule has 0 bridgehead atoms. The van der Waals surface area contributed by atoms with Crippen LogP contribution in [0.2, 0.25) is 0 Å². The predicted octanol–water partition coefficient (Wildman–Crippen LogP) is 3.60. The Morgan fingerprint density at radius 2 is 1.33 bits per heavy atom. The number of rotatable bonds is 6. The highest BCUT2D eigenvalue weighted by atomic mass is 16.5. The van der Waals surface area contributed by atoms with Gasteiger partial charge in [0.15, 0.2) is 12.2 Å². The fourth-order valence-electron chi connectivity index (χ4n) is 1.92. The molecule has 1 rings (SSSR count). The summed E-state index contributed by atoms with van der Waals surface area (Å²) < 4.78 is 10.6. The van der Waals surface area contributed by atoms with Gasteiger partial charge in [0.1, 0.15) is 0 Å². The topological polar surface area (TPSA) is 52.6 Å². The second kappa shape index (κ2) is 10.1. The van der Waals surface area contributed by atoms with Gasteiger partial charge in [-0.2, -0.15) is 0 Å². The van der Waals surface area contributed by atoms with Gasteiger partial charge in [-0.15, -0.1) is 11.8 Å². The van der Waals surface area contributed by atoms with Crippen LogP contribution >= 0.6 is 0 Å². The molecule has 0 amide bonds. The Labute approximate surface area is 143 Å². The van der Waals surface area contributed by atoms with E-state index in [1.165, 1.54) is 6.07 Å². The number of esters is 2. The van der Waals surface area contributed by atoms with E-state index in [-0.39, 0.29) is 11.1 Å². The van der Waals surface area contributed by atoms with Crippen molar-refractivity contribution in [2.45, 2.75) is 52.7 Å². The van der Waals surface area contributed by atoms with Crippen LogP contribution in [0.4, 0.5) is 0 Å². The zero-order valence-electron chi connectivity index (χ0n) is 14.5. The number of carbonyl (C=O) groups is 2. The van der Waals surface area contributed by atoms with Gasteiger partial charge < -0.3 is 9.47 Å². The molecule has 0 aromatic heterocycles. The van der Waals surface area contributed by atoms with Crippen molar-refractivity contribution in [2.24, 2.45) is 0 Å². The highest BCUT2D eigenvalue weighted by molar-refractivity contribution is 5.95. The van der Waals surface area contributed by atoms with E-state index in [4.69, 9.17) is 9.47 Å². The van der Waals surface area contributed by atoms with E-state index < -0.39 is 24.1 Å². The predicted molar refractivity (Wildman–Crippen MR) is 92.3 cm³/mol. The number of benzene rings is 1. The van der Waals surface area contributed by atoms with E-state index >= 15 is 0 Å². The molecule has 0 aliphatic rings. The summed E-state index contributed by atoms with van der Waals surface area (Å²) in [6.45, 7) is 7.15. The van der Waals surface area contributed by atoms with Crippen LogP contribution in [-0.2, 0) is 9.47 Å². The van der Waals surface area contributed by atoms with Gasteiger partial charge in [0.05, 0.1) is 11.1 Å². The fourth-order valence-corrected chi connectivity index (χ4v) is 1.92. The van der Waals surface area contributed by atoms with Crippen LogP contribution in [0.15, 0.2) is 24.3 Å². The molecule has 0 saturated carbocycles. The Hall–Kier alpha value is -2.72. The van der Waals surface area contributed by atoms with Gasteiger partial charge in [0.2, 0.25) is 0 Å². The molecular formula is C20H22O4. The SMILES string of the molecule is CC#CC(CC)OC(=O)c1cccc(C(=O)OC(C#CC)CC)c1. The van der Waals surface area contributed by atoms with Crippen molar-refractivity contribution < 1.29 is 19.1 Å². The molecule has 0 N–H and O–H groups in total. The maximum absolute atomic E-state index is 12.2. The van der Waals surface area contributed by atoms with Crippen molar-refractivity contribution in [3.05, 3.63) is 35.4 Å². The number of hydrogen-bond acceptors (Lipinski definition) is 4. The summed E-state index contributed by atoms with van der Waals surface area (Å²) in [5.41, 5.74) is 0.575. The molecular weight excluding hydrogens is 304 g/mol. The molecule has 0 aliphatic carbocycles. The van der Waals surface area contributed by atoms with Crippen molar-refractivity contribution in [3.63, 3.8) is 0 Å². The van der Waals surface area contributed by atoms with E-state index in [0.29, 0.717) is 12.8 Å². The first-order chi connectivity index (χ1) is 11.5. The third-order valence-corrected chi connectivity index (χ3v) is 3.18. The van der Waals surface area contributed by atoms with Gasteiger partial charge >= 0.3 is 11.9 Å². The quantitative estimate of drug-likeness (QED) is 0.592. The second-order valence-electron chi connectivity index (χ2n) is 4.97. The van der Waals surface area contributed by atoms with Crippen LogP contribution in [0.5, 0.6) is 0 Å². The number of ether oxygens (including phenoxy) is 2. The van der Waals surface area contributed by atoms with Gasteiger partial charge in [-0.25, -0.2) is 9.59 Å². The van der Waals surface area contributed by atoms with Gasteiger partial charge in [-0.3, -0.25) is 0 Å². The molecule has 24 heavy (non-hydrogen) atoms. The summed E-state index contributed by atoms with van der Waals surface area (Å²) in [4.78, 5) is 24.4. The minimum atomic E-state index is -0.514. The molecule has 4 nitrogen and oxygen atoms in total. The Morgan fingerprint density at radius 1 is 0.917 bits per heavy atom. The summed E-state index contributed by atoms with van der Waals surface area (Å²) in [5, 5.41) is 0. The minimum Gasteiger partial charge on any atom is -0.446 e. The normalized spacial score (nSPS) is 11.8.